The summed E-state index contributed by atoms with van der Waals surface area (Å²) < 4.78 is 60.6. The lowest BCUT2D eigenvalue weighted by Gasteiger charge is -2.64. The van der Waals surface area contributed by atoms with Gasteiger partial charge in [-0.2, -0.15) is 0 Å². The molecule has 1 amide bonds. The molecule has 3 N–H and O–H groups in total. The van der Waals surface area contributed by atoms with E-state index in [-0.39, 0.29) is 54.6 Å². The van der Waals surface area contributed by atoms with Crippen molar-refractivity contribution in [2.45, 2.75) is 96.7 Å². The topological polar surface area (TPSA) is 131 Å². The molecule has 13 heteroatoms. The Labute approximate surface area is 299 Å². The average molecular weight is 707 g/mol. The maximum Gasteiger partial charge on any atom is 1.00 e. The second-order valence-corrected chi connectivity index (χ2v) is 15.6. The van der Waals surface area contributed by atoms with Gasteiger partial charge in [-0.3, -0.25) is 9.78 Å². The van der Waals surface area contributed by atoms with Crippen LogP contribution in [0, 0.1) is 28.9 Å². The van der Waals surface area contributed by atoms with Crippen molar-refractivity contribution in [3.05, 3.63) is 88.7 Å². The number of rotatable bonds is 11. The molecule has 1 aliphatic heterocycles. The van der Waals surface area contributed by atoms with Crippen molar-refractivity contribution in [3.8, 4) is 11.5 Å². The monoisotopic (exact) mass is 706 g/mol. The van der Waals surface area contributed by atoms with E-state index in [4.69, 9.17) is 29.3 Å². The predicted octanol–water partition coefficient (Wildman–Crippen LogP) is 6.01. The lowest BCUT2D eigenvalue weighted by molar-refractivity contribution is -0.199. The number of halogens is 2. The molecule has 2 aromatic carbocycles. The van der Waals surface area contributed by atoms with Crippen LogP contribution in [-0.4, -0.2) is 54.3 Å². The van der Waals surface area contributed by atoms with E-state index in [0.717, 1.165) is 30.5 Å². The second-order valence-electron chi connectivity index (χ2n) is 15.6. The number of ether oxygens (including phenoxy) is 3. The van der Waals surface area contributed by atoms with Gasteiger partial charge in [-0.1, -0.05) is 50.2 Å². The Balaban J connectivity index is 0.00000523. The summed E-state index contributed by atoms with van der Waals surface area (Å²) in [4.78, 5) is 31.1. The van der Waals surface area contributed by atoms with Crippen LogP contribution in [0.4, 0.5) is 8.78 Å². The standard InChI is InChI=1S/C38H46BF2N3O7/c1-36(2,3)49-35(46)30-25(40)14-13-22(33(30)47-7)15-29(39-50-28-17-23-16-27(37(23,4)5)38(28,6)51-39)44-34(45)31(42)32-26(41)18-24(19-43-32)48-20-21-11-9-8-10-12-21/h8-14,18-19,23,27-29,31H,15-17,20,42H2,1-7H3,(H,44,45)/p+1/t23-,27-,28+,29-,31?,38-/m0/s1. The molecule has 1 unspecified atom stereocenters. The molecule has 2 heterocycles. The fourth-order valence-corrected chi connectivity index (χ4v) is 7.91. The normalized spacial score (nSPS) is 24.5. The summed E-state index contributed by atoms with van der Waals surface area (Å²) in [5, 5.41) is 2.91. The summed E-state index contributed by atoms with van der Waals surface area (Å²) in [7, 11) is 0.378. The number of hydrogen-bond acceptors (Lipinski definition) is 9. The van der Waals surface area contributed by atoms with E-state index in [1.165, 1.54) is 19.4 Å². The van der Waals surface area contributed by atoms with Gasteiger partial charge in [0.2, 0.25) is 5.91 Å². The van der Waals surface area contributed by atoms with Crippen LogP contribution in [0.1, 0.15) is 89.0 Å². The number of esters is 1. The number of nitrogens with one attached hydrogen (secondary N) is 1. The van der Waals surface area contributed by atoms with Gasteiger partial charge in [0.25, 0.3) is 0 Å². The average Bonchev–Trinajstić information content (AvgIpc) is 3.44. The number of amides is 1. The number of pyridine rings is 1. The number of benzene rings is 2. The van der Waals surface area contributed by atoms with Gasteiger partial charge in [0.15, 0.2) is 5.82 Å². The Morgan fingerprint density at radius 3 is 2.49 bits per heavy atom. The molecule has 0 spiro atoms. The lowest BCUT2D eigenvalue weighted by Crippen LogP contribution is -2.65. The van der Waals surface area contributed by atoms with Crippen molar-refractivity contribution >= 4 is 19.0 Å². The third-order valence-corrected chi connectivity index (χ3v) is 10.7. The van der Waals surface area contributed by atoms with Crippen molar-refractivity contribution < 1.29 is 43.3 Å². The van der Waals surface area contributed by atoms with Gasteiger partial charge in [0, 0.05) is 6.07 Å². The molecule has 3 aromatic rings. The molecule has 3 saturated carbocycles. The van der Waals surface area contributed by atoms with Gasteiger partial charge < -0.3 is 34.6 Å². The van der Waals surface area contributed by atoms with Crippen molar-refractivity contribution in [2.24, 2.45) is 23.0 Å². The SMILES string of the molecule is COc1c(C[C@H](NC(=O)C(N)c2ncc(OCc3ccccc3)cc2F)B2O[C@@H]3C[C@@H]4C[C@@H](C4(C)C)[C@]3(C)O2)ccc(F)c1C(=O)OC(C)(C)C.[H+]. The molecule has 10 nitrogen and oxygen atoms in total. The third-order valence-electron chi connectivity index (χ3n) is 10.7. The minimum absolute atomic E-state index is 0. The Morgan fingerprint density at radius 1 is 1.12 bits per heavy atom. The summed E-state index contributed by atoms with van der Waals surface area (Å²) in [6.07, 6.45) is 2.90. The van der Waals surface area contributed by atoms with E-state index in [9.17, 15) is 9.59 Å². The zero-order chi connectivity index (χ0) is 36.9. The van der Waals surface area contributed by atoms with Gasteiger partial charge in [0.1, 0.15) is 46.8 Å². The van der Waals surface area contributed by atoms with Crippen molar-refractivity contribution in [1.82, 2.24) is 10.3 Å². The number of nitrogens with zero attached hydrogens (tertiary/aromatic N) is 1. The molecule has 4 fully saturated rings. The maximum absolute atomic E-state index is 15.4. The first kappa shape index (κ1) is 36.7. The third kappa shape index (κ3) is 7.20. The highest BCUT2D eigenvalue weighted by atomic mass is 19.1. The zero-order valence-electron chi connectivity index (χ0n) is 31.1. The first-order valence-corrected chi connectivity index (χ1v) is 17.3. The minimum Gasteiger partial charge on any atom is -0.495 e. The van der Waals surface area contributed by atoms with Crippen molar-refractivity contribution in [3.63, 3.8) is 0 Å². The quantitative estimate of drug-likeness (QED) is 0.182. The predicted molar refractivity (Wildman–Crippen MR) is 187 cm³/mol. The van der Waals surface area contributed by atoms with Crippen molar-refractivity contribution in [2.75, 3.05) is 7.11 Å². The number of nitrogens with two attached hydrogens (primary N) is 1. The summed E-state index contributed by atoms with van der Waals surface area (Å²) in [6.45, 7) is 11.8. The van der Waals surface area contributed by atoms with Gasteiger partial charge in [-0.15, -0.1) is 0 Å². The van der Waals surface area contributed by atoms with E-state index in [1.54, 1.807) is 20.8 Å². The maximum atomic E-state index is 15.4. The Kier molecular flexibility index (Phi) is 9.95. The van der Waals surface area contributed by atoms with E-state index in [1.807, 2.05) is 37.3 Å². The molecule has 1 saturated heterocycles. The lowest BCUT2D eigenvalue weighted by atomic mass is 9.43. The van der Waals surface area contributed by atoms with Crippen LogP contribution >= 0.6 is 0 Å². The molecule has 0 radical (unpaired) electrons. The minimum atomic E-state index is -1.51. The van der Waals surface area contributed by atoms with Crippen LogP contribution < -0.4 is 20.5 Å². The molecule has 272 valence electrons. The smallest absolute Gasteiger partial charge is 0.495 e. The Morgan fingerprint density at radius 2 is 1.84 bits per heavy atom. The van der Waals surface area contributed by atoms with Crippen LogP contribution in [-0.2, 0) is 31.9 Å². The summed E-state index contributed by atoms with van der Waals surface area (Å²) >= 11 is 0. The van der Waals surface area contributed by atoms with E-state index < -0.39 is 53.8 Å². The van der Waals surface area contributed by atoms with Crippen LogP contribution in [0.25, 0.3) is 0 Å². The van der Waals surface area contributed by atoms with E-state index in [0.29, 0.717) is 11.5 Å². The molecule has 51 heavy (non-hydrogen) atoms. The summed E-state index contributed by atoms with van der Waals surface area (Å²) in [5.41, 5.74) is 5.52. The largest absolute Gasteiger partial charge is 1.00 e. The molecular weight excluding hydrogens is 659 g/mol. The van der Waals surface area contributed by atoms with Crippen LogP contribution in [0.3, 0.4) is 0 Å². The number of hydrogen-bond donors (Lipinski definition) is 2. The van der Waals surface area contributed by atoms with Crippen LogP contribution in [0.5, 0.6) is 11.5 Å². The Bertz CT molecular complexity index is 1800. The van der Waals surface area contributed by atoms with Crippen molar-refractivity contribution in [1.29, 1.82) is 0 Å². The molecule has 4 aliphatic rings. The highest BCUT2D eigenvalue weighted by Gasteiger charge is 2.68. The molecule has 2 bridgehead atoms. The van der Waals surface area contributed by atoms with E-state index in [2.05, 4.69) is 24.1 Å². The van der Waals surface area contributed by atoms with E-state index >= 15 is 8.78 Å². The highest BCUT2D eigenvalue weighted by molar-refractivity contribution is 6.48. The fourth-order valence-electron chi connectivity index (χ4n) is 7.91. The number of carbonyl (C=O) groups excluding carboxylic acids is 2. The number of carbonyl (C=O) groups is 2. The van der Waals surface area contributed by atoms with Gasteiger partial charge in [-0.25, -0.2) is 13.6 Å². The summed E-state index contributed by atoms with van der Waals surface area (Å²) in [5.74, 6) is -3.33. The Hall–Kier alpha value is -4.07. The van der Waals surface area contributed by atoms with Crippen LogP contribution in [0.15, 0.2) is 54.7 Å². The highest BCUT2D eigenvalue weighted by Crippen LogP contribution is 2.65. The first-order valence-electron chi connectivity index (χ1n) is 17.3. The van der Waals surface area contributed by atoms with Gasteiger partial charge >= 0.3 is 14.5 Å². The number of methoxy groups -OCH3 is 1. The second kappa shape index (κ2) is 13.8. The fraction of sp³-hybridized carbons (Fsp3) is 0.500. The van der Waals surface area contributed by atoms with Gasteiger partial charge in [0.05, 0.1) is 31.0 Å². The van der Waals surface area contributed by atoms with Crippen LogP contribution in [0.2, 0.25) is 0 Å². The molecule has 6 atom stereocenters. The molecule has 1 aromatic heterocycles. The molecule has 3 aliphatic carbocycles. The zero-order valence-corrected chi connectivity index (χ0v) is 30.1. The molecular formula is C38H47BF2N3O7+. The summed E-state index contributed by atoms with van der Waals surface area (Å²) in [6, 6.07) is 11.6. The molecule has 7 rings (SSSR count). The van der Waals surface area contributed by atoms with Gasteiger partial charge in [-0.05, 0) is 81.4 Å². The first-order chi connectivity index (χ1) is 24.0. The number of aromatic nitrogens is 1.